The van der Waals surface area contributed by atoms with Crippen LogP contribution in [0.3, 0.4) is 0 Å². The molecule has 0 aromatic heterocycles. The zero-order valence-corrected chi connectivity index (χ0v) is 8.17. The van der Waals surface area contributed by atoms with E-state index in [0.29, 0.717) is 5.75 Å². The third-order valence-electron chi connectivity index (χ3n) is 1.80. The van der Waals surface area contributed by atoms with Gasteiger partial charge in [0.2, 0.25) is 0 Å². The van der Waals surface area contributed by atoms with Crippen LogP contribution < -0.4 is 5.43 Å². The topological polar surface area (TPSA) is 56.2 Å². The van der Waals surface area contributed by atoms with E-state index in [1.807, 2.05) is 30.3 Å². The molecule has 0 radical (unpaired) electrons. The number of nitrogens with zero attached hydrogens (tertiary/aromatic N) is 1. The van der Waals surface area contributed by atoms with Gasteiger partial charge in [0.05, 0.1) is 11.4 Å². The van der Waals surface area contributed by atoms with Gasteiger partial charge in [0.25, 0.3) is 5.91 Å². The van der Waals surface area contributed by atoms with Gasteiger partial charge in [0.1, 0.15) is 0 Å². The first-order chi connectivity index (χ1) is 6.77. The number of benzene rings is 1. The second kappa shape index (κ2) is 3.71. The highest BCUT2D eigenvalue weighted by molar-refractivity contribution is 8.14. The van der Waals surface area contributed by atoms with Crippen LogP contribution in [0.2, 0.25) is 0 Å². The van der Waals surface area contributed by atoms with Crippen LogP contribution in [-0.2, 0) is 4.79 Å². The Bertz CT molecular complexity index is 350. The summed E-state index contributed by atoms with van der Waals surface area (Å²) in [4.78, 5) is 11.3. The van der Waals surface area contributed by atoms with Crippen LogP contribution in [-0.4, -0.2) is 21.8 Å². The van der Waals surface area contributed by atoms with E-state index < -0.39 is 0 Å². The number of anilines is 1. The average Bonchev–Trinajstić information content (AvgIpc) is 2.51. The van der Waals surface area contributed by atoms with Crippen molar-refractivity contribution in [1.82, 2.24) is 5.01 Å². The zero-order chi connectivity index (χ0) is 9.97. The van der Waals surface area contributed by atoms with Crippen LogP contribution in [0.1, 0.15) is 0 Å². The Morgan fingerprint density at radius 1 is 1.36 bits per heavy atom. The summed E-state index contributed by atoms with van der Waals surface area (Å²) in [5.41, 5.74) is 3.69. The molecule has 5 heteroatoms. The molecule has 0 spiro atoms. The molecule has 1 aliphatic rings. The Hall–Kier alpha value is -1.49. The number of para-hydroxylation sites is 1. The molecule has 1 saturated heterocycles. The maximum Gasteiger partial charge on any atom is 0.257 e. The zero-order valence-electron chi connectivity index (χ0n) is 7.36. The van der Waals surface area contributed by atoms with E-state index in [1.54, 1.807) is 0 Å². The summed E-state index contributed by atoms with van der Waals surface area (Å²) in [6.07, 6.45) is 0. The van der Waals surface area contributed by atoms with Crippen molar-refractivity contribution in [3.8, 4) is 0 Å². The Morgan fingerprint density at radius 3 is 2.64 bits per heavy atom. The van der Waals surface area contributed by atoms with Crippen LogP contribution in [0, 0.1) is 5.41 Å². The van der Waals surface area contributed by atoms with Crippen molar-refractivity contribution in [2.75, 3.05) is 11.2 Å². The van der Waals surface area contributed by atoms with Crippen molar-refractivity contribution in [3.05, 3.63) is 30.3 Å². The quantitative estimate of drug-likeness (QED) is 0.773. The number of amidine groups is 1. The minimum atomic E-state index is -0.0798. The largest absolute Gasteiger partial charge is 0.290 e. The molecular formula is C9H9N3OS. The van der Waals surface area contributed by atoms with Crippen LogP contribution in [0.25, 0.3) is 0 Å². The number of hydrazine groups is 1. The van der Waals surface area contributed by atoms with E-state index >= 15 is 0 Å². The van der Waals surface area contributed by atoms with Crippen LogP contribution in [0.4, 0.5) is 5.69 Å². The fourth-order valence-corrected chi connectivity index (χ4v) is 1.79. The molecule has 2 N–H and O–H groups in total. The Morgan fingerprint density at radius 2 is 2.07 bits per heavy atom. The average molecular weight is 207 g/mol. The lowest BCUT2D eigenvalue weighted by molar-refractivity contribution is -0.123. The van der Waals surface area contributed by atoms with Gasteiger partial charge in [0, 0.05) is 0 Å². The van der Waals surface area contributed by atoms with Crippen LogP contribution >= 0.6 is 11.8 Å². The highest BCUT2D eigenvalue weighted by Crippen LogP contribution is 2.18. The molecule has 1 amide bonds. The lowest BCUT2D eigenvalue weighted by Gasteiger charge is -2.16. The molecule has 1 aliphatic heterocycles. The fraction of sp³-hybridized carbons (Fsp3) is 0.111. The summed E-state index contributed by atoms with van der Waals surface area (Å²) in [6, 6.07) is 9.35. The SMILES string of the molecule is N=C1SCC(=O)N1Nc1ccccc1. The molecule has 0 bridgehead atoms. The smallest absolute Gasteiger partial charge is 0.257 e. The third-order valence-corrected chi connectivity index (χ3v) is 2.65. The second-order valence-corrected chi connectivity index (χ2v) is 3.76. The summed E-state index contributed by atoms with van der Waals surface area (Å²) < 4.78 is 0. The Kier molecular flexibility index (Phi) is 2.41. The molecule has 1 fully saturated rings. The summed E-state index contributed by atoms with van der Waals surface area (Å²) in [5.74, 6) is 0.266. The lowest BCUT2D eigenvalue weighted by Crippen LogP contribution is -2.34. The van der Waals surface area contributed by atoms with Gasteiger partial charge in [-0.05, 0) is 12.1 Å². The normalized spacial score (nSPS) is 16.1. The van der Waals surface area contributed by atoms with E-state index in [2.05, 4.69) is 5.43 Å². The number of hydrogen-bond donors (Lipinski definition) is 2. The van der Waals surface area contributed by atoms with Crippen molar-refractivity contribution in [2.24, 2.45) is 0 Å². The molecule has 4 nitrogen and oxygen atoms in total. The summed E-state index contributed by atoms with van der Waals surface area (Å²) in [6.45, 7) is 0. The molecule has 1 aromatic carbocycles. The maximum atomic E-state index is 11.3. The molecule has 1 aromatic rings. The van der Waals surface area contributed by atoms with Crippen molar-refractivity contribution >= 4 is 28.5 Å². The first-order valence-electron chi connectivity index (χ1n) is 4.13. The lowest BCUT2D eigenvalue weighted by atomic mass is 10.3. The summed E-state index contributed by atoms with van der Waals surface area (Å²) >= 11 is 1.23. The summed E-state index contributed by atoms with van der Waals surface area (Å²) in [7, 11) is 0. The number of amides is 1. The van der Waals surface area contributed by atoms with Crippen molar-refractivity contribution < 1.29 is 4.79 Å². The second-order valence-electron chi connectivity index (χ2n) is 2.80. The van der Waals surface area contributed by atoms with Gasteiger partial charge in [-0.1, -0.05) is 30.0 Å². The van der Waals surface area contributed by atoms with Crippen molar-refractivity contribution in [2.45, 2.75) is 0 Å². The van der Waals surface area contributed by atoms with E-state index in [4.69, 9.17) is 5.41 Å². The van der Waals surface area contributed by atoms with Crippen LogP contribution in [0.5, 0.6) is 0 Å². The summed E-state index contributed by atoms with van der Waals surface area (Å²) in [5, 5.41) is 9.00. The molecule has 14 heavy (non-hydrogen) atoms. The molecule has 0 atom stereocenters. The molecule has 2 rings (SSSR count). The third kappa shape index (κ3) is 1.72. The van der Waals surface area contributed by atoms with Crippen molar-refractivity contribution in [3.63, 3.8) is 0 Å². The highest BCUT2D eigenvalue weighted by atomic mass is 32.2. The molecule has 0 saturated carbocycles. The number of carbonyl (C=O) groups is 1. The Labute approximate surface area is 85.8 Å². The van der Waals surface area contributed by atoms with Gasteiger partial charge >= 0.3 is 0 Å². The number of hydrogen-bond acceptors (Lipinski definition) is 4. The van der Waals surface area contributed by atoms with Gasteiger partial charge in [-0.3, -0.25) is 15.6 Å². The predicted molar refractivity (Wildman–Crippen MR) is 57.1 cm³/mol. The Balaban J connectivity index is 2.11. The van der Waals surface area contributed by atoms with Gasteiger partial charge in [-0.2, -0.15) is 5.01 Å². The number of carbonyl (C=O) groups excluding carboxylic acids is 1. The predicted octanol–water partition coefficient (Wildman–Crippen LogP) is 1.52. The molecule has 1 heterocycles. The van der Waals surface area contributed by atoms with Gasteiger partial charge < -0.3 is 0 Å². The standard InChI is InChI=1S/C9H9N3OS/c10-9-12(8(13)6-14-9)11-7-4-2-1-3-5-7/h1-5,10-11H,6H2. The van der Waals surface area contributed by atoms with Gasteiger partial charge in [-0.25, -0.2) is 0 Å². The molecule has 0 unspecified atom stereocenters. The van der Waals surface area contributed by atoms with E-state index in [9.17, 15) is 4.79 Å². The number of rotatable bonds is 2. The van der Waals surface area contributed by atoms with Gasteiger partial charge in [-0.15, -0.1) is 0 Å². The minimum Gasteiger partial charge on any atom is -0.290 e. The van der Waals surface area contributed by atoms with E-state index in [1.165, 1.54) is 16.8 Å². The monoisotopic (exact) mass is 207 g/mol. The number of thioether (sulfide) groups is 1. The molecule has 0 aliphatic carbocycles. The first kappa shape index (κ1) is 9.08. The molecule has 72 valence electrons. The van der Waals surface area contributed by atoms with E-state index in [0.717, 1.165) is 5.69 Å². The van der Waals surface area contributed by atoms with Crippen molar-refractivity contribution in [1.29, 1.82) is 5.41 Å². The fourth-order valence-electron chi connectivity index (χ4n) is 1.13. The van der Waals surface area contributed by atoms with Crippen LogP contribution in [0.15, 0.2) is 30.3 Å². The maximum absolute atomic E-state index is 11.3. The van der Waals surface area contributed by atoms with E-state index in [-0.39, 0.29) is 11.1 Å². The van der Waals surface area contributed by atoms with Gasteiger partial charge in [0.15, 0.2) is 5.17 Å². The highest BCUT2D eigenvalue weighted by Gasteiger charge is 2.26. The minimum absolute atomic E-state index is 0.0798. The first-order valence-corrected chi connectivity index (χ1v) is 5.12. The molecular weight excluding hydrogens is 198 g/mol. The number of nitrogens with one attached hydrogen (secondary N) is 2.